The van der Waals surface area contributed by atoms with Crippen molar-refractivity contribution >= 4 is 16.9 Å². The maximum Gasteiger partial charge on any atom is 0.407 e. The summed E-state index contributed by atoms with van der Waals surface area (Å²) in [4.78, 5) is 13.4. The van der Waals surface area contributed by atoms with Gasteiger partial charge in [0.15, 0.2) is 0 Å². The molecule has 0 aliphatic carbocycles. The number of hydrogen-bond donors (Lipinski definition) is 3. The Hall–Kier alpha value is -4.86. The zero-order valence-corrected chi connectivity index (χ0v) is 26.7. The first-order valence-corrected chi connectivity index (χ1v) is 15.8. The number of nitrogens with zero attached hydrogens (tertiary/aromatic N) is 2. The molecule has 1 aliphatic rings. The van der Waals surface area contributed by atoms with Crippen LogP contribution in [0.1, 0.15) is 29.0 Å². The van der Waals surface area contributed by atoms with Gasteiger partial charge in [0.1, 0.15) is 29.4 Å². The number of carboxylic acid groups (broad SMARTS) is 1. The molecule has 1 aliphatic heterocycles. The van der Waals surface area contributed by atoms with Crippen LogP contribution < -0.4 is 14.2 Å². The van der Waals surface area contributed by atoms with Crippen molar-refractivity contribution in [2.24, 2.45) is 0 Å². The van der Waals surface area contributed by atoms with Crippen molar-refractivity contribution in [3.05, 3.63) is 102 Å². The predicted octanol–water partition coefficient (Wildman–Crippen LogP) is 4.97. The van der Waals surface area contributed by atoms with E-state index >= 15 is 0 Å². The van der Waals surface area contributed by atoms with Crippen LogP contribution in [0, 0.1) is 11.3 Å². The Bertz CT molecular complexity index is 1690. The monoisotopic (exact) mass is 656 g/mol. The lowest BCUT2D eigenvalue weighted by Gasteiger charge is -2.42. The number of carbonyl (C=O) groups is 1. The highest BCUT2D eigenvalue weighted by molar-refractivity contribution is 5.89. The summed E-state index contributed by atoms with van der Waals surface area (Å²) in [5, 5.41) is 40.6. The van der Waals surface area contributed by atoms with Gasteiger partial charge >= 0.3 is 6.09 Å². The Labute approximate surface area is 279 Å². The molecule has 5 rings (SSSR count). The largest absolute Gasteiger partial charge is 0.496 e. The van der Waals surface area contributed by atoms with Crippen LogP contribution in [0.4, 0.5) is 4.79 Å². The lowest BCUT2D eigenvalue weighted by Crippen LogP contribution is -2.54. The van der Waals surface area contributed by atoms with Gasteiger partial charge in [-0.25, -0.2) is 4.79 Å². The Morgan fingerprint density at radius 2 is 1.65 bits per heavy atom. The fourth-order valence-electron chi connectivity index (χ4n) is 5.85. The summed E-state index contributed by atoms with van der Waals surface area (Å²) in [5.74, 6) is 1.51. The Morgan fingerprint density at radius 3 is 2.38 bits per heavy atom. The molecule has 1 amide bonds. The van der Waals surface area contributed by atoms with E-state index in [0.29, 0.717) is 42.4 Å². The molecular formula is C37H40N2O9. The third-order valence-corrected chi connectivity index (χ3v) is 8.24. The smallest absolute Gasteiger partial charge is 0.407 e. The van der Waals surface area contributed by atoms with Gasteiger partial charge in [0.25, 0.3) is 0 Å². The molecule has 4 aromatic carbocycles. The average molecular weight is 657 g/mol. The van der Waals surface area contributed by atoms with E-state index < -0.39 is 36.9 Å². The van der Waals surface area contributed by atoms with E-state index in [1.807, 2.05) is 66.7 Å². The van der Waals surface area contributed by atoms with Crippen molar-refractivity contribution in [1.29, 1.82) is 5.26 Å². The molecule has 4 atom stereocenters. The van der Waals surface area contributed by atoms with Crippen molar-refractivity contribution in [2.45, 2.75) is 37.3 Å². The molecule has 3 N–H and O–H groups in total. The van der Waals surface area contributed by atoms with Gasteiger partial charge in [-0.3, -0.25) is 0 Å². The van der Waals surface area contributed by atoms with Crippen molar-refractivity contribution in [1.82, 2.24) is 4.90 Å². The molecule has 252 valence electrons. The number of para-hydroxylation sites is 1. The van der Waals surface area contributed by atoms with Gasteiger partial charge < -0.3 is 43.9 Å². The zero-order valence-electron chi connectivity index (χ0n) is 26.7. The third kappa shape index (κ3) is 8.73. The number of likely N-dealkylation sites (tertiary alicyclic amines) is 1. The Kier molecular flexibility index (Phi) is 12.1. The van der Waals surface area contributed by atoms with Crippen LogP contribution in [0.3, 0.4) is 0 Å². The van der Waals surface area contributed by atoms with Gasteiger partial charge in [0.2, 0.25) is 0 Å². The average Bonchev–Trinajstić information content (AvgIpc) is 3.12. The molecule has 4 aromatic rings. The van der Waals surface area contributed by atoms with Crippen molar-refractivity contribution in [3.8, 4) is 23.3 Å². The minimum atomic E-state index is -1.11. The summed E-state index contributed by atoms with van der Waals surface area (Å²) in [5.41, 5.74) is 2.21. The van der Waals surface area contributed by atoms with E-state index in [4.69, 9.17) is 23.7 Å². The first kappa shape index (κ1) is 34.5. The molecule has 0 saturated carbocycles. The number of aliphatic hydroxyl groups is 2. The van der Waals surface area contributed by atoms with Gasteiger partial charge in [0.05, 0.1) is 71.0 Å². The molecule has 11 nitrogen and oxygen atoms in total. The van der Waals surface area contributed by atoms with Gasteiger partial charge in [-0.1, -0.05) is 48.5 Å². The van der Waals surface area contributed by atoms with Crippen molar-refractivity contribution in [3.63, 3.8) is 0 Å². The zero-order chi connectivity index (χ0) is 33.9. The lowest BCUT2D eigenvalue weighted by atomic mass is 9.84. The summed E-state index contributed by atoms with van der Waals surface area (Å²) >= 11 is 0. The van der Waals surface area contributed by atoms with Gasteiger partial charge in [0, 0.05) is 17.7 Å². The molecule has 1 heterocycles. The summed E-state index contributed by atoms with van der Waals surface area (Å²) in [6.07, 6.45) is -2.86. The van der Waals surface area contributed by atoms with E-state index in [9.17, 15) is 25.4 Å². The fraction of sp³-hybridized carbons (Fsp3) is 0.351. The highest BCUT2D eigenvalue weighted by Gasteiger charge is 2.41. The van der Waals surface area contributed by atoms with Gasteiger partial charge in [-0.15, -0.1) is 0 Å². The number of benzene rings is 4. The van der Waals surface area contributed by atoms with Gasteiger partial charge in [-0.05, 0) is 52.9 Å². The minimum absolute atomic E-state index is 0.0645. The second kappa shape index (κ2) is 16.8. The maximum absolute atomic E-state index is 12.2. The van der Waals surface area contributed by atoms with Crippen LogP contribution >= 0.6 is 0 Å². The number of piperidine rings is 1. The molecule has 0 radical (unpaired) electrons. The quantitative estimate of drug-likeness (QED) is 0.150. The molecular weight excluding hydrogens is 616 g/mol. The number of hydrogen-bond acceptors (Lipinski definition) is 9. The molecule has 11 heteroatoms. The molecule has 1 saturated heterocycles. The van der Waals surface area contributed by atoms with Crippen LogP contribution in [0.2, 0.25) is 0 Å². The van der Waals surface area contributed by atoms with E-state index in [0.717, 1.165) is 21.9 Å². The summed E-state index contributed by atoms with van der Waals surface area (Å²) in [7, 11) is 1.62. The molecule has 0 bridgehead atoms. The van der Waals surface area contributed by atoms with E-state index in [2.05, 4.69) is 6.07 Å². The van der Waals surface area contributed by atoms with Crippen LogP contribution in [0.15, 0.2) is 84.9 Å². The first-order valence-electron chi connectivity index (χ1n) is 15.8. The Balaban J connectivity index is 1.30. The van der Waals surface area contributed by atoms with Crippen LogP contribution in [-0.4, -0.2) is 91.3 Å². The topological polar surface area (TPSA) is 151 Å². The van der Waals surface area contributed by atoms with Gasteiger partial charge in [-0.2, -0.15) is 5.26 Å². The normalized spacial score (nSPS) is 18.2. The van der Waals surface area contributed by atoms with Crippen LogP contribution in [0.5, 0.6) is 17.2 Å². The Morgan fingerprint density at radius 1 is 0.938 bits per heavy atom. The second-order valence-corrected chi connectivity index (χ2v) is 11.5. The van der Waals surface area contributed by atoms with Crippen molar-refractivity contribution in [2.75, 3.05) is 46.6 Å². The fourth-order valence-corrected chi connectivity index (χ4v) is 5.85. The highest BCUT2D eigenvalue weighted by Crippen LogP contribution is 2.35. The lowest BCUT2D eigenvalue weighted by molar-refractivity contribution is -0.106. The van der Waals surface area contributed by atoms with E-state index in [-0.39, 0.29) is 26.3 Å². The minimum Gasteiger partial charge on any atom is -0.496 e. The number of nitriles is 1. The van der Waals surface area contributed by atoms with E-state index in [1.165, 1.54) is 4.90 Å². The highest BCUT2D eigenvalue weighted by atomic mass is 16.5. The molecule has 0 spiro atoms. The number of ether oxygens (including phenoxy) is 5. The summed E-state index contributed by atoms with van der Waals surface area (Å²) in [6, 6.07) is 28.5. The molecule has 0 unspecified atom stereocenters. The number of methoxy groups -OCH3 is 1. The molecule has 48 heavy (non-hydrogen) atoms. The van der Waals surface area contributed by atoms with Crippen molar-refractivity contribution < 1.29 is 43.8 Å². The van der Waals surface area contributed by atoms with E-state index in [1.54, 1.807) is 25.3 Å². The van der Waals surface area contributed by atoms with Crippen LogP contribution in [0.25, 0.3) is 10.8 Å². The number of amides is 1. The SMILES string of the molecule is COc1cc(CO[C@H]2CN(C(=O)O)C[C@@H](OC[C@H](O)CO)[C@@H]2c2ccc(OCCCOc3ccccc3C#N)cc2)cc2ccccc12. The number of fused-ring (bicyclic) bond motifs is 1. The summed E-state index contributed by atoms with van der Waals surface area (Å²) in [6.45, 7) is 0.517. The predicted molar refractivity (Wildman–Crippen MR) is 177 cm³/mol. The molecule has 0 aromatic heterocycles. The second-order valence-electron chi connectivity index (χ2n) is 11.5. The third-order valence-electron chi connectivity index (χ3n) is 8.24. The number of rotatable bonds is 15. The summed E-state index contributed by atoms with van der Waals surface area (Å²) < 4.78 is 29.8. The standard InChI is InChI=1S/C37H40N2O9/c1-44-33-18-25(17-27-7-2-4-9-31(27)33)23-47-34-20-39(37(42)43)21-35(48-24-29(41)22-40)36(34)26-11-13-30(14-12-26)45-15-6-16-46-32-10-5-3-8-28(32)19-38/h2-5,7-14,17-18,29,34-36,40-41H,6,15-16,20-24H2,1H3,(H,42,43)/t29-,34+,35-,36-/m1/s1. The maximum atomic E-state index is 12.2. The first-order chi connectivity index (χ1) is 23.4. The number of aliphatic hydroxyl groups excluding tert-OH is 2. The molecule has 1 fully saturated rings. The van der Waals surface area contributed by atoms with Crippen LogP contribution in [-0.2, 0) is 16.1 Å².